The molecule has 0 bridgehead atoms. The fourth-order valence-electron chi connectivity index (χ4n) is 2.28. The highest BCUT2D eigenvalue weighted by Crippen LogP contribution is 2.29. The van der Waals surface area contributed by atoms with Crippen molar-refractivity contribution in [3.8, 4) is 5.75 Å². The van der Waals surface area contributed by atoms with Crippen LogP contribution in [-0.2, 0) is 6.42 Å². The lowest BCUT2D eigenvalue weighted by Crippen LogP contribution is -2.15. The lowest BCUT2D eigenvalue weighted by Gasteiger charge is -2.17. The van der Waals surface area contributed by atoms with Crippen LogP contribution in [0.25, 0.3) is 0 Å². The molecule has 0 heterocycles. The van der Waals surface area contributed by atoms with Gasteiger partial charge in [0.25, 0.3) is 0 Å². The van der Waals surface area contributed by atoms with Crippen LogP contribution >= 0.6 is 27.5 Å². The van der Waals surface area contributed by atoms with E-state index in [0.717, 1.165) is 21.3 Å². The highest BCUT2D eigenvalue weighted by atomic mass is 79.9. The molecule has 1 unspecified atom stereocenters. The number of halogens is 2. The Morgan fingerprint density at radius 2 is 2.05 bits per heavy atom. The maximum atomic E-state index is 6.35. The molecule has 0 spiro atoms. The first kappa shape index (κ1) is 15.4. The number of methoxy groups -OCH3 is 1. The molecule has 106 valence electrons. The van der Waals surface area contributed by atoms with Crippen LogP contribution in [0.4, 0.5) is 0 Å². The van der Waals surface area contributed by atoms with Crippen molar-refractivity contribution in [2.45, 2.75) is 19.4 Å². The zero-order chi connectivity index (χ0) is 14.7. The minimum absolute atomic E-state index is 0.0973. The van der Waals surface area contributed by atoms with E-state index in [9.17, 15) is 0 Å². The Hall–Kier alpha value is -1.03. The maximum Gasteiger partial charge on any atom is 0.122 e. The molecule has 0 aliphatic rings. The summed E-state index contributed by atoms with van der Waals surface area (Å²) in [7, 11) is 1.66. The summed E-state index contributed by atoms with van der Waals surface area (Å²) in [5.74, 6) is 0.817. The predicted molar refractivity (Wildman–Crippen MR) is 87.5 cm³/mol. The monoisotopic (exact) mass is 353 g/mol. The van der Waals surface area contributed by atoms with E-state index in [0.29, 0.717) is 11.4 Å². The van der Waals surface area contributed by atoms with Gasteiger partial charge in [0, 0.05) is 15.5 Å². The molecule has 0 saturated carbocycles. The van der Waals surface area contributed by atoms with Gasteiger partial charge in [-0.1, -0.05) is 39.7 Å². The topological polar surface area (TPSA) is 35.2 Å². The van der Waals surface area contributed by atoms with Crippen molar-refractivity contribution in [1.29, 1.82) is 0 Å². The number of ether oxygens (including phenoxy) is 1. The van der Waals surface area contributed by atoms with Gasteiger partial charge in [-0.15, -0.1) is 0 Å². The number of hydrogen-bond acceptors (Lipinski definition) is 2. The molecular formula is C16H17BrClNO. The summed E-state index contributed by atoms with van der Waals surface area (Å²) in [4.78, 5) is 0. The van der Waals surface area contributed by atoms with Crippen LogP contribution in [0.1, 0.15) is 22.7 Å². The van der Waals surface area contributed by atoms with Crippen molar-refractivity contribution in [3.63, 3.8) is 0 Å². The highest BCUT2D eigenvalue weighted by molar-refractivity contribution is 9.10. The molecule has 0 radical (unpaired) electrons. The summed E-state index contributed by atoms with van der Waals surface area (Å²) in [5.41, 5.74) is 9.67. The van der Waals surface area contributed by atoms with Gasteiger partial charge >= 0.3 is 0 Å². The van der Waals surface area contributed by atoms with Gasteiger partial charge in [0.15, 0.2) is 0 Å². The molecule has 20 heavy (non-hydrogen) atoms. The lowest BCUT2D eigenvalue weighted by molar-refractivity contribution is 0.408. The van der Waals surface area contributed by atoms with E-state index in [4.69, 9.17) is 22.1 Å². The van der Waals surface area contributed by atoms with E-state index in [2.05, 4.69) is 28.9 Å². The van der Waals surface area contributed by atoms with Crippen molar-refractivity contribution in [2.24, 2.45) is 5.73 Å². The zero-order valence-electron chi connectivity index (χ0n) is 11.5. The minimum Gasteiger partial charge on any atom is -0.496 e. The fraction of sp³-hybridized carbons (Fsp3) is 0.250. The maximum absolute atomic E-state index is 6.35. The fourth-order valence-corrected chi connectivity index (χ4v) is 2.86. The molecule has 2 nitrogen and oxygen atoms in total. The summed E-state index contributed by atoms with van der Waals surface area (Å²) >= 11 is 9.59. The number of nitrogens with two attached hydrogens (primary N) is 1. The second kappa shape index (κ2) is 6.61. The van der Waals surface area contributed by atoms with Gasteiger partial charge in [-0.25, -0.2) is 0 Å². The number of benzene rings is 2. The Balaban J connectivity index is 2.30. The molecule has 0 fully saturated rings. The number of rotatable bonds is 4. The Morgan fingerprint density at radius 1 is 1.30 bits per heavy atom. The average molecular weight is 355 g/mol. The second-order valence-electron chi connectivity index (χ2n) is 4.72. The van der Waals surface area contributed by atoms with E-state index in [1.807, 2.05) is 30.3 Å². The molecule has 2 aromatic rings. The molecule has 2 rings (SSSR count). The quantitative estimate of drug-likeness (QED) is 0.866. The van der Waals surface area contributed by atoms with Crippen molar-refractivity contribution < 1.29 is 4.74 Å². The van der Waals surface area contributed by atoms with Gasteiger partial charge in [-0.2, -0.15) is 0 Å². The zero-order valence-corrected chi connectivity index (χ0v) is 13.8. The van der Waals surface area contributed by atoms with Crippen molar-refractivity contribution >= 4 is 27.5 Å². The Labute approximate surface area is 133 Å². The third-order valence-corrected chi connectivity index (χ3v) is 4.49. The van der Waals surface area contributed by atoms with Crippen LogP contribution in [0, 0.1) is 6.92 Å². The third kappa shape index (κ3) is 3.35. The molecule has 1 atom stereocenters. The van der Waals surface area contributed by atoms with Crippen molar-refractivity contribution in [1.82, 2.24) is 0 Å². The molecule has 0 saturated heterocycles. The van der Waals surface area contributed by atoms with E-state index in [1.54, 1.807) is 7.11 Å². The summed E-state index contributed by atoms with van der Waals surface area (Å²) in [6.07, 6.45) is 0.682. The normalized spacial score (nSPS) is 12.2. The second-order valence-corrected chi connectivity index (χ2v) is 6.01. The standard InChI is InChI=1S/C16H17BrClNO/c1-10-13(4-3-5-14(10)17)15(19)9-11-8-12(18)6-7-16(11)20-2/h3-8,15H,9,19H2,1-2H3. The Kier molecular flexibility index (Phi) is 5.08. The SMILES string of the molecule is COc1ccc(Cl)cc1CC(N)c1cccc(Br)c1C. The summed E-state index contributed by atoms with van der Waals surface area (Å²) < 4.78 is 6.44. The van der Waals surface area contributed by atoms with Gasteiger partial charge < -0.3 is 10.5 Å². The van der Waals surface area contributed by atoms with Gasteiger partial charge in [0.05, 0.1) is 7.11 Å². The Bertz CT molecular complexity index is 615. The third-order valence-electron chi connectivity index (χ3n) is 3.39. The number of hydrogen-bond donors (Lipinski definition) is 1. The first-order chi connectivity index (χ1) is 9.52. The van der Waals surface area contributed by atoms with Gasteiger partial charge in [0.1, 0.15) is 5.75 Å². The van der Waals surface area contributed by atoms with Crippen LogP contribution in [0.15, 0.2) is 40.9 Å². The predicted octanol–water partition coefficient (Wildman–Crippen LogP) is 4.66. The van der Waals surface area contributed by atoms with Crippen LogP contribution in [0.3, 0.4) is 0 Å². The first-order valence-corrected chi connectivity index (χ1v) is 7.53. The van der Waals surface area contributed by atoms with E-state index >= 15 is 0 Å². The molecule has 4 heteroatoms. The van der Waals surface area contributed by atoms with Crippen molar-refractivity contribution in [2.75, 3.05) is 7.11 Å². The molecule has 0 aromatic heterocycles. The molecule has 0 amide bonds. The largest absolute Gasteiger partial charge is 0.496 e. The molecule has 0 aliphatic carbocycles. The minimum atomic E-state index is -0.0973. The van der Waals surface area contributed by atoms with Crippen molar-refractivity contribution in [3.05, 3.63) is 62.6 Å². The van der Waals surface area contributed by atoms with E-state index < -0.39 is 0 Å². The summed E-state index contributed by atoms with van der Waals surface area (Å²) in [6.45, 7) is 2.06. The summed E-state index contributed by atoms with van der Waals surface area (Å²) in [6, 6.07) is 11.6. The van der Waals surface area contributed by atoms with Gasteiger partial charge in [-0.05, 0) is 54.3 Å². The average Bonchev–Trinajstić information content (AvgIpc) is 2.42. The molecule has 0 aliphatic heterocycles. The van der Waals surface area contributed by atoms with Crippen LogP contribution in [0.2, 0.25) is 5.02 Å². The Morgan fingerprint density at radius 3 is 2.75 bits per heavy atom. The van der Waals surface area contributed by atoms with E-state index in [-0.39, 0.29) is 6.04 Å². The van der Waals surface area contributed by atoms with Gasteiger partial charge in [0.2, 0.25) is 0 Å². The first-order valence-electron chi connectivity index (χ1n) is 6.36. The van der Waals surface area contributed by atoms with E-state index in [1.165, 1.54) is 5.56 Å². The molecule has 2 N–H and O–H groups in total. The smallest absolute Gasteiger partial charge is 0.122 e. The molecular weight excluding hydrogens is 338 g/mol. The summed E-state index contributed by atoms with van der Waals surface area (Å²) in [5, 5.41) is 0.693. The lowest BCUT2D eigenvalue weighted by atomic mass is 9.96. The highest BCUT2D eigenvalue weighted by Gasteiger charge is 2.14. The van der Waals surface area contributed by atoms with Crippen LogP contribution in [0.5, 0.6) is 5.75 Å². The van der Waals surface area contributed by atoms with Gasteiger partial charge in [-0.3, -0.25) is 0 Å². The molecule has 2 aromatic carbocycles. The van der Waals surface area contributed by atoms with Crippen LogP contribution in [-0.4, -0.2) is 7.11 Å². The van der Waals surface area contributed by atoms with Crippen LogP contribution < -0.4 is 10.5 Å².